The van der Waals surface area contributed by atoms with E-state index in [9.17, 15) is 9.50 Å². The average Bonchev–Trinajstić information content (AvgIpc) is 2.81. The van der Waals surface area contributed by atoms with Gasteiger partial charge >= 0.3 is 0 Å². The van der Waals surface area contributed by atoms with Crippen LogP contribution in [0.3, 0.4) is 0 Å². The summed E-state index contributed by atoms with van der Waals surface area (Å²) in [6.45, 7) is 2.81. The van der Waals surface area contributed by atoms with Gasteiger partial charge in [0.2, 0.25) is 0 Å². The largest absolute Gasteiger partial charge is 0.508 e. The Morgan fingerprint density at radius 3 is 2.94 bits per heavy atom. The van der Waals surface area contributed by atoms with Crippen molar-refractivity contribution in [3.63, 3.8) is 0 Å². The van der Waals surface area contributed by atoms with Crippen LogP contribution in [-0.4, -0.2) is 11.7 Å². The van der Waals surface area contributed by atoms with Gasteiger partial charge in [-0.05, 0) is 45.2 Å². The molecular weight excluding hydrogens is 229 g/mol. The molecule has 1 aliphatic carbocycles. The number of phenolic OH excluding ortho intramolecular Hbond substituents is 1. The van der Waals surface area contributed by atoms with Crippen LogP contribution >= 0.6 is 0 Å². The van der Waals surface area contributed by atoms with Crippen LogP contribution in [0.5, 0.6) is 5.75 Å². The predicted octanol–water partition coefficient (Wildman–Crippen LogP) is 3.68. The highest BCUT2D eigenvalue weighted by atomic mass is 19.1. The minimum Gasteiger partial charge on any atom is -0.508 e. The van der Waals surface area contributed by atoms with Crippen molar-refractivity contribution in [3.8, 4) is 5.75 Å². The maximum Gasteiger partial charge on any atom is 0.131 e. The third kappa shape index (κ3) is 3.33. The van der Waals surface area contributed by atoms with Crippen LogP contribution in [0.4, 0.5) is 4.39 Å². The van der Waals surface area contributed by atoms with Gasteiger partial charge in [0.1, 0.15) is 11.6 Å². The lowest BCUT2D eigenvalue weighted by Gasteiger charge is -2.15. The molecule has 3 heteroatoms. The normalized spacial score (nSPS) is 16.7. The molecule has 98 valence electrons. The molecular formula is C15H20FNO. The van der Waals surface area contributed by atoms with Crippen LogP contribution in [-0.2, 0) is 0 Å². The molecule has 0 heterocycles. The summed E-state index contributed by atoms with van der Waals surface area (Å²) >= 11 is 0. The average molecular weight is 249 g/mol. The summed E-state index contributed by atoms with van der Waals surface area (Å²) in [6.07, 6.45) is 7.05. The van der Waals surface area contributed by atoms with Crippen molar-refractivity contribution in [2.75, 3.05) is 6.54 Å². The van der Waals surface area contributed by atoms with Gasteiger partial charge in [0.15, 0.2) is 0 Å². The molecule has 0 saturated heterocycles. The van der Waals surface area contributed by atoms with E-state index in [2.05, 4.69) is 11.4 Å². The molecule has 0 radical (unpaired) electrons. The van der Waals surface area contributed by atoms with Gasteiger partial charge in [0.25, 0.3) is 0 Å². The van der Waals surface area contributed by atoms with Gasteiger partial charge in [-0.1, -0.05) is 17.7 Å². The van der Waals surface area contributed by atoms with Crippen molar-refractivity contribution in [3.05, 3.63) is 41.2 Å². The molecule has 2 nitrogen and oxygen atoms in total. The number of allylic oxidation sites excluding steroid dienone is 1. The van der Waals surface area contributed by atoms with Crippen molar-refractivity contribution in [1.82, 2.24) is 5.32 Å². The number of hydrogen-bond donors (Lipinski definition) is 2. The summed E-state index contributed by atoms with van der Waals surface area (Å²) in [5, 5.41) is 12.5. The fourth-order valence-electron chi connectivity index (χ4n) is 2.39. The van der Waals surface area contributed by atoms with Gasteiger partial charge in [0.05, 0.1) is 0 Å². The van der Waals surface area contributed by atoms with Crippen LogP contribution in [0.2, 0.25) is 0 Å². The number of rotatable bonds is 5. The Kier molecular flexibility index (Phi) is 4.37. The van der Waals surface area contributed by atoms with E-state index in [-0.39, 0.29) is 17.6 Å². The monoisotopic (exact) mass is 249 g/mol. The predicted molar refractivity (Wildman–Crippen MR) is 71.0 cm³/mol. The second-order valence-corrected chi connectivity index (χ2v) is 4.89. The summed E-state index contributed by atoms with van der Waals surface area (Å²) in [7, 11) is 0. The standard InChI is InChI=1S/C15H20FNO/c1-11(14-7-6-13(18)10-15(14)16)17-9-8-12-4-2-3-5-12/h4,6-7,10-11,17-18H,2-3,5,8-9H2,1H3. The first kappa shape index (κ1) is 13.1. The number of benzene rings is 1. The maximum absolute atomic E-state index is 13.6. The molecule has 0 saturated carbocycles. The van der Waals surface area contributed by atoms with Crippen molar-refractivity contribution >= 4 is 0 Å². The zero-order chi connectivity index (χ0) is 13.0. The zero-order valence-corrected chi connectivity index (χ0v) is 10.7. The lowest BCUT2D eigenvalue weighted by molar-refractivity contribution is 0.464. The summed E-state index contributed by atoms with van der Waals surface area (Å²) < 4.78 is 13.6. The lowest BCUT2D eigenvalue weighted by atomic mass is 10.1. The van der Waals surface area contributed by atoms with Gasteiger partial charge in [-0.25, -0.2) is 4.39 Å². The van der Waals surface area contributed by atoms with Crippen LogP contribution in [0.15, 0.2) is 29.8 Å². The molecule has 1 aliphatic rings. The molecule has 1 atom stereocenters. The highest BCUT2D eigenvalue weighted by Crippen LogP contribution is 2.22. The van der Waals surface area contributed by atoms with E-state index in [4.69, 9.17) is 0 Å². The fourth-order valence-corrected chi connectivity index (χ4v) is 2.39. The second-order valence-electron chi connectivity index (χ2n) is 4.89. The third-order valence-corrected chi connectivity index (χ3v) is 3.48. The maximum atomic E-state index is 13.6. The van der Waals surface area contributed by atoms with Crippen molar-refractivity contribution in [2.45, 2.75) is 38.6 Å². The lowest BCUT2D eigenvalue weighted by Crippen LogP contribution is -2.21. The highest BCUT2D eigenvalue weighted by molar-refractivity contribution is 5.29. The SMILES string of the molecule is CC(NCCC1=CCCC1)c1ccc(O)cc1F. The summed E-state index contributed by atoms with van der Waals surface area (Å²) in [6, 6.07) is 4.29. The Morgan fingerprint density at radius 2 is 2.28 bits per heavy atom. The van der Waals surface area contributed by atoms with E-state index in [0.29, 0.717) is 5.56 Å². The Morgan fingerprint density at radius 1 is 1.44 bits per heavy atom. The van der Waals surface area contributed by atoms with Gasteiger partial charge in [0, 0.05) is 17.7 Å². The van der Waals surface area contributed by atoms with Crippen molar-refractivity contribution < 1.29 is 9.50 Å². The van der Waals surface area contributed by atoms with Crippen LogP contribution in [0.25, 0.3) is 0 Å². The molecule has 1 unspecified atom stereocenters. The minimum absolute atomic E-state index is 0.0282. The number of nitrogens with one attached hydrogen (secondary N) is 1. The van der Waals surface area contributed by atoms with Gasteiger partial charge < -0.3 is 10.4 Å². The Hall–Kier alpha value is -1.35. The molecule has 18 heavy (non-hydrogen) atoms. The van der Waals surface area contributed by atoms with Crippen molar-refractivity contribution in [2.24, 2.45) is 0 Å². The van der Waals surface area contributed by atoms with Crippen molar-refractivity contribution in [1.29, 1.82) is 0 Å². The number of hydrogen-bond acceptors (Lipinski definition) is 2. The molecule has 2 N–H and O–H groups in total. The van der Waals surface area contributed by atoms with E-state index in [0.717, 1.165) is 19.0 Å². The molecule has 0 bridgehead atoms. The molecule has 1 aromatic carbocycles. The number of phenols is 1. The Balaban J connectivity index is 1.85. The molecule has 2 rings (SSSR count). The molecule has 0 aromatic heterocycles. The minimum atomic E-state index is -0.352. The smallest absolute Gasteiger partial charge is 0.131 e. The quantitative estimate of drug-likeness (QED) is 0.780. The first-order valence-corrected chi connectivity index (χ1v) is 6.56. The van der Waals surface area contributed by atoms with Crippen LogP contribution in [0, 0.1) is 5.82 Å². The molecule has 0 fully saturated rings. The molecule has 0 aliphatic heterocycles. The summed E-state index contributed by atoms with van der Waals surface area (Å²) in [4.78, 5) is 0. The van der Waals surface area contributed by atoms with Crippen LogP contribution in [0.1, 0.15) is 44.2 Å². The van der Waals surface area contributed by atoms with Gasteiger partial charge in [-0.2, -0.15) is 0 Å². The first-order chi connectivity index (χ1) is 8.66. The fraction of sp³-hybridized carbons (Fsp3) is 0.467. The molecule has 0 spiro atoms. The molecule has 1 aromatic rings. The first-order valence-electron chi connectivity index (χ1n) is 6.56. The summed E-state index contributed by atoms with van der Waals surface area (Å²) in [5.41, 5.74) is 2.12. The number of aromatic hydroxyl groups is 1. The Bertz CT molecular complexity index is 442. The van der Waals surface area contributed by atoms with E-state index < -0.39 is 0 Å². The Labute approximate surface area is 108 Å². The van der Waals surface area contributed by atoms with E-state index in [1.54, 1.807) is 6.07 Å². The highest BCUT2D eigenvalue weighted by Gasteiger charge is 2.11. The zero-order valence-electron chi connectivity index (χ0n) is 10.7. The van der Waals surface area contributed by atoms with E-state index in [1.165, 1.54) is 30.9 Å². The topological polar surface area (TPSA) is 32.3 Å². The summed E-state index contributed by atoms with van der Waals surface area (Å²) in [5.74, 6) is -0.380. The molecule has 0 amide bonds. The van der Waals surface area contributed by atoms with E-state index >= 15 is 0 Å². The van der Waals surface area contributed by atoms with Gasteiger partial charge in [-0.3, -0.25) is 0 Å². The number of halogens is 1. The van der Waals surface area contributed by atoms with Crippen LogP contribution < -0.4 is 5.32 Å². The van der Waals surface area contributed by atoms with Gasteiger partial charge in [-0.15, -0.1) is 0 Å². The second kappa shape index (κ2) is 6.01. The van der Waals surface area contributed by atoms with E-state index in [1.807, 2.05) is 6.92 Å². The third-order valence-electron chi connectivity index (χ3n) is 3.48.